The summed E-state index contributed by atoms with van der Waals surface area (Å²) in [6.45, 7) is 8.46. The van der Waals surface area contributed by atoms with Crippen molar-refractivity contribution < 1.29 is 9.53 Å². The van der Waals surface area contributed by atoms with Crippen LogP contribution in [0.15, 0.2) is 48.5 Å². The third kappa shape index (κ3) is 4.01. The molecule has 0 unspecified atom stereocenters. The number of aromatic nitrogens is 4. The molecule has 8 heteroatoms. The molecule has 1 N–H and O–H groups in total. The smallest absolute Gasteiger partial charge is 0.258 e. The Balaban J connectivity index is 1.52. The number of benzene rings is 2. The number of hydrogen-bond acceptors (Lipinski definition) is 6. The van der Waals surface area contributed by atoms with Crippen LogP contribution in [0.1, 0.15) is 41.2 Å². The summed E-state index contributed by atoms with van der Waals surface area (Å²) in [5.41, 5.74) is 5.68. The van der Waals surface area contributed by atoms with Crippen LogP contribution in [-0.4, -0.2) is 32.3 Å². The van der Waals surface area contributed by atoms with Crippen LogP contribution in [0.25, 0.3) is 26.9 Å². The average Bonchev–Trinajstić information content (AvgIpc) is 3.38. The molecule has 0 atom stereocenters. The first-order valence-electron chi connectivity index (χ1n) is 11.3. The van der Waals surface area contributed by atoms with Crippen molar-refractivity contribution in [3.63, 3.8) is 0 Å². The maximum absolute atomic E-state index is 13.4. The van der Waals surface area contributed by atoms with E-state index in [1.807, 2.05) is 51.1 Å². The highest BCUT2D eigenvalue weighted by Gasteiger charge is 2.20. The van der Waals surface area contributed by atoms with E-state index in [2.05, 4.69) is 29.4 Å². The van der Waals surface area contributed by atoms with Gasteiger partial charge in [-0.3, -0.25) is 10.1 Å². The van der Waals surface area contributed by atoms with Crippen LogP contribution in [0.2, 0.25) is 0 Å². The number of nitrogens with one attached hydrogen (secondary N) is 1. The summed E-state index contributed by atoms with van der Waals surface area (Å²) in [7, 11) is 0. The Hall–Kier alpha value is -3.78. The van der Waals surface area contributed by atoms with Gasteiger partial charge in [0, 0.05) is 5.69 Å². The van der Waals surface area contributed by atoms with Crippen molar-refractivity contribution >= 4 is 43.6 Å². The van der Waals surface area contributed by atoms with Crippen LogP contribution in [0, 0.1) is 13.8 Å². The van der Waals surface area contributed by atoms with E-state index in [9.17, 15) is 4.79 Å². The summed E-state index contributed by atoms with van der Waals surface area (Å²) in [5, 5.41) is 8.97. The van der Waals surface area contributed by atoms with Gasteiger partial charge in [0.15, 0.2) is 10.8 Å². The molecule has 0 aliphatic rings. The molecule has 3 aromatic heterocycles. The number of rotatable bonds is 6. The molecule has 0 aliphatic heterocycles. The van der Waals surface area contributed by atoms with Gasteiger partial charge in [0.2, 0.25) is 0 Å². The van der Waals surface area contributed by atoms with Gasteiger partial charge in [0.1, 0.15) is 5.75 Å². The molecule has 7 nitrogen and oxygen atoms in total. The summed E-state index contributed by atoms with van der Waals surface area (Å²) in [5.74, 6) is 0.557. The van der Waals surface area contributed by atoms with E-state index in [1.54, 1.807) is 10.7 Å². The number of nitrogens with zero attached hydrogens (tertiary/aromatic N) is 4. The van der Waals surface area contributed by atoms with Crippen LogP contribution >= 0.6 is 11.3 Å². The highest BCUT2D eigenvalue weighted by Crippen LogP contribution is 2.31. The number of aryl methyl sites for hydroxylation is 3. The normalized spacial score (nSPS) is 11.3. The molecular formula is C26H25N5O2S. The quantitative estimate of drug-likeness (QED) is 0.335. The minimum Gasteiger partial charge on any atom is -0.494 e. The van der Waals surface area contributed by atoms with Crippen molar-refractivity contribution in [3.8, 4) is 11.4 Å². The van der Waals surface area contributed by atoms with Gasteiger partial charge in [-0.1, -0.05) is 30.4 Å². The minimum atomic E-state index is -0.233. The van der Waals surface area contributed by atoms with Gasteiger partial charge in [0.05, 0.1) is 39.2 Å². The zero-order valence-electron chi connectivity index (χ0n) is 19.5. The van der Waals surface area contributed by atoms with E-state index in [0.29, 0.717) is 22.9 Å². The maximum atomic E-state index is 13.4. The van der Waals surface area contributed by atoms with E-state index in [0.717, 1.165) is 44.8 Å². The lowest BCUT2D eigenvalue weighted by Crippen LogP contribution is -2.13. The van der Waals surface area contributed by atoms with Crippen molar-refractivity contribution in [2.24, 2.45) is 0 Å². The van der Waals surface area contributed by atoms with Gasteiger partial charge in [-0.25, -0.2) is 14.6 Å². The number of anilines is 1. The van der Waals surface area contributed by atoms with E-state index in [-0.39, 0.29) is 5.91 Å². The number of pyridine rings is 1. The first kappa shape index (κ1) is 22.0. The number of amides is 1. The minimum absolute atomic E-state index is 0.233. The van der Waals surface area contributed by atoms with E-state index >= 15 is 0 Å². The Labute approximate surface area is 201 Å². The van der Waals surface area contributed by atoms with Gasteiger partial charge >= 0.3 is 0 Å². The second-order valence-electron chi connectivity index (χ2n) is 8.06. The fourth-order valence-corrected chi connectivity index (χ4v) is 4.91. The van der Waals surface area contributed by atoms with E-state index < -0.39 is 0 Å². The van der Waals surface area contributed by atoms with Crippen molar-refractivity contribution in [2.75, 3.05) is 11.9 Å². The Morgan fingerprint density at radius 1 is 1.06 bits per heavy atom. The first-order chi connectivity index (χ1) is 16.5. The molecule has 5 rings (SSSR count). The highest BCUT2D eigenvalue weighted by atomic mass is 32.1. The Kier molecular flexibility index (Phi) is 5.75. The zero-order valence-corrected chi connectivity index (χ0v) is 20.4. The lowest BCUT2D eigenvalue weighted by atomic mass is 10.1. The Bertz CT molecular complexity index is 1520. The molecule has 5 aromatic rings. The molecule has 2 aromatic carbocycles. The van der Waals surface area contributed by atoms with Crippen molar-refractivity contribution in [2.45, 2.75) is 34.1 Å². The van der Waals surface area contributed by atoms with Crippen LogP contribution in [0.3, 0.4) is 0 Å². The predicted octanol–water partition coefficient (Wildman–Crippen LogP) is 5.86. The van der Waals surface area contributed by atoms with Crippen LogP contribution in [0.5, 0.6) is 5.75 Å². The fourth-order valence-electron chi connectivity index (χ4n) is 4.03. The van der Waals surface area contributed by atoms with E-state index in [4.69, 9.17) is 14.8 Å². The van der Waals surface area contributed by atoms with Crippen LogP contribution in [-0.2, 0) is 6.42 Å². The number of carbonyl (C=O) groups excluding carboxylic acids is 1. The highest BCUT2D eigenvalue weighted by molar-refractivity contribution is 7.22. The van der Waals surface area contributed by atoms with Crippen LogP contribution in [0.4, 0.5) is 5.13 Å². The van der Waals surface area contributed by atoms with Crippen molar-refractivity contribution in [3.05, 3.63) is 71.0 Å². The first-order valence-corrected chi connectivity index (χ1v) is 12.1. The Morgan fingerprint density at radius 3 is 2.59 bits per heavy atom. The molecular weight excluding hydrogens is 446 g/mol. The van der Waals surface area contributed by atoms with Gasteiger partial charge < -0.3 is 4.74 Å². The standard InChI is InChI=1S/C26H25N5O2S/c1-5-17-7-9-18(10-8-17)31-24-23(16(4)30-31)20(13-15(3)27-24)25(32)29-26-28-21-12-11-19(33-6-2)14-22(21)34-26/h7-14H,5-6H2,1-4H3,(H,28,29,32). The monoisotopic (exact) mass is 471 g/mol. The number of thiazole rings is 1. The van der Waals surface area contributed by atoms with E-state index in [1.165, 1.54) is 16.9 Å². The average molecular weight is 472 g/mol. The van der Waals surface area contributed by atoms with Gasteiger partial charge in [-0.2, -0.15) is 5.10 Å². The van der Waals surface area contributed by atoms with Gasteiger partial charge in [0.25, 0.3) is 5.91 Å². The van der Waals surface area contributed by atoms with Crippen molar-refractivity contribution in [1.82, 2.24) is 19.7 Å². The molecule has 172 valence electrons. The molecule has 0 radical (unpaired) electrons. The lowest BCUT2D eigenvalue weighted by molar-refractivity contribution is 0.102. The SMILES string of the molecule is CCOc1ccc2nc(NC(=O)c3cc(C)nc4c3c(C)nn4-c3ccc(CC)cc3)sc2c1. The third-order valence-electron chi connectivity index (χ3n) is 5.67. The molecule has 0 fully saturated rings. The fraction of sp³-hybridized carbons (Fsp3) is 0.231. The molecule has 0 aliphatic carbocycles. The molecule has 0 bridgehead atoms. The van der Waals surface area contributed by atoms with Crippen molar-refractivity contribution in [1.29, 1.82) is 0 Å². The molecule has 1 amide bonds. The number of fused-ring (bicyclic) bond motifs is 2. The summed E-state index contributed by atoms with van der Waals surface area (Å²) in [6.07, 6.45) is 0.972. The van der Waals surface area contributed by atoms with Gasteiger partial charge in [-0.05, 0) is 69.2 Å². The van der Waals surface area contributed by atoms with Crippen LogP contribution < -0.4 is 10.1 Å². The summed E-state index contributed by atoms with van der Waals surface area (Å²) < 4.78 is 8.34. The number of ether oxygens (including phenoxy) is 1. The largest absolute Gasteiger partial charge is 0.494 e. The predicted molar refractivity (Wildman–Crippen MR) is 136 cm³/mol. The molecule has 34 heavy (non-hydrogen) atoms. The summed E-state index contributed by atoms with van der Waals surface area (Å²) in [6, 6.07) is 15.8. The molecule has 3 heterocycles. The number of carbonyl (C=O) groups is 1. The lowest BCUT2D eigenvalue weighted by Gasteiger charge is -2.07. The topological polar surface area (TPSA) is 81.9 Å². The molecule has 0 spiro atoms. The second-order valence-corrected chi connectivity index (χ2v) is 9.09. The summed E-state index contributed by atoms with van der Waals surface area (Å²) in [4.78, 5) is 22.7. The summed E-state index contributed by atoms with van der Waals surface area (Å²) >= 11 is 1.42. The number of hydrogen-bond donors (Lipinski definition) is 1. The molecule has 0 saturated heterocycles. The Morgan fingerprint density at radius 2 is 1.85 bits per heavy atom. The third-order valence-corrected chi connectivity index (χ3v) is 6.60. The maximum Gasteiger partial charge on any atom is 0.258 e. The molecule has 0 saturated carbocycles. The zero-order chi connectivity index (χ0) is 23.8. The van der Waals surface area contributed by atoms with Gasteiger partial charge in [-0.15, -0.1) is 0 Å². The second kappa shape index (κ2) is 8.87.